The molecular formula is C17H18N4OS2. The first-order valence-electron chi connectivity index (χ1n) is 7.83. The van der Waals surface area contributed by atoms with Crippen LogP contribution in [0.2, 0.25) is 0 Å². The number of thioether (sulfide) groups is 1. The number of carbonyl (C=O) groups is 1. The van der Waals surface area contributed by atoms with Crippen molar-refractivity contribution in [3.8, 4) is 6.07 Å². The van der Waals surface area contributed by atoms with Gasteiger partial charge in [0.25, 0.3) is 0 Å². The van der Waals surface area contributed by atoms with Gasteiger partial charge in [-0.1, -0.05) is 18.7 Å². The molecule has 0 aromatic carbocycles. The van der Waals surface area contributed by atoms with Crippen molar-refractivity contribution in [3.05, 3.63) is 34.0 Å². The SMILES string of the molecule is Cc1ccnc(SCC(=O)Nc2sc3c(c2C#N)CCC(C)C3)n1. The maximum absolute atomic E-state index is 12.2. The molecule has 24 heavy (non-hydrogen) atoms. The predicted octanol–water partition coefficient (Wildman–Crippen LogP) is 3.57. The number of nitriles is 1. The first-order valence-corrected chi connectivity index (χ1v) is 9.64. The molecule has 0 aliphatic heterocycles. The Morgan fingerprint density at radius 2 is 2.42 bits per heavy atom. The van der Waals surface area contributed by atoms with Gasteiger partial charge in [0.15, 0.2) is 5.16 Å². The fourth-order valence-corrected chi connectivity index (χ4v) is 4.80. The molecular weight excluding hydrogens is 340 g/mol. The van der Waals surface area contributed by atoms with Crippen LogP contribution in [0.4, 0.5) is 5.00 Å². The number of rotatable bonds is 4. The number of carbonyl (C=O) groups excluding carboxylic acids is 1. The van der Waals surface area contributed by atoms with Crippen LogP contribution in [0.1, 0.15) is 35.0 Å². The largest absolute Gasteiger partial charge is 0.316 e. The summed E-state index contributed by atoms with van der Waals surface area (Å²) in [7, 11) is 0. The van der Waals surface area contributed by atoms with Gasteiger partial charge in [-0.05, 0) is 43.7 Å². The lowest BCUT2D eigenvalue weighted by atomic mass is 9.89. The quantitative estimate of drug-likeness (QED) is 0.668. The Hall–Kier alpha value is -1.91. The van der Waals surface area contributed by atoms with Crippen LogP contribution in [0.25, 0.3) is 0 Å². The smallest absolute Gasteiger partial charge is 0.235 e. The molecule has 1 N–H and O–H groups in total. The molecule has 2 aromatic heterocycles. The lowest BCUT2D eigenvalue weighted by Crippen LogP contribution is -2.14. The van der Waals surface area contributed by atoms with Crippen molar-refractivity contribution in [2.75, 3.05) is 11.1 Å². The molecule has 7 heteroatoms. The van der Waals surface area contributed by atoms with Crippen LogP contribution in [0.3, 0.4) is 0 Å². The molecule has 1 aliphatic carbocycles. The van der Waals surface area contributed by atoms with Gasteiger partial charge in [-0.15, -0.1) is 11.3 Å². The highest BCUT2D eigenvalue weighted by atomic mass is 32.2. The van der Waals surface area contributed by atoms with Crippen molar-refractivity contribution in [1.29, 1.82) is 5.26 Å². The van der Waals surface area contributed by atoms with Crippen LogP contribution in [-0.2, 0) is 17.6 Å². The van der Waals surface area contributed by atoms with Crippen molar-refractivity contribution in [2.24, 2.45) is 5.92 Å². The van der Waals surface area contributed by atoms with Crippen molar-refractivity contribution >= 4 is 34.0 Å². The van der Waals surface area contributed by atoms with Gasteiger partial charge in [0.05, 0.1) is 11.3 Å². The van der Waals surface area contributed by atoms with Crippen LogP contribution < -0.4 is 5.32 Å². The molecule has 1 atom stereocenters. The van der Waals surface area contributed by atoms with Crippen molar-refractivity contribution in [3.63, 3.8) is 0 Å². The Labute approximate surface area is 149 Å². The van der Waals surface area contributed by atoms with Crippen molar-refractivity contribution in [2.45, 2.75) is 38.3 Å². The van der Waals surface area contributed by atoms with Crippen LogP contribution in [0.15, 0.2) is 17.4 Å². The highest BCUT2D eigenvalue weighted by molar-refractivity contribution is 7.99. The number of fused-ring (bicyclic) bond motifs is 1. The summed E-state index contributed by atoms with van der Waals surface area (Å²) >= 11 is 2.85. The number of hydrogen-bond acceptors (Lipinski definition) is 6. The number of thiophene rings is 1. The topological polar surface area (TPSA) is 78.7 Å². The average molecular weight is 358 g/mol. The Morgan fingerprint density at radius 1 is 1.58 bits per heavy atom. The zero-order valence-corrected chi connectivity index (χ0v) is 15.3. The van der Waals surface area contributed by atoms with E-state index in [1.165, 1.54) is 16.6 Å². The molecule has 0 saturated heterocycles. The number of aromatic nitrogens is 2. The van der Waals surface area contributed by atoms with E-state index in [1.54, 1.807) is 17.5 Å². The number of nitrogens with zero attached hydrogens (tertiary/aromatic N) is 3. The summed E-state index contributed by atoms with van der Waals surface area (Å²) in [4.78, 5) is 21.9. The van der Waals surface area contributed by atoms with Gasteiger partial charge < -0.3 is 5.32 Å². The normalized spacial score (nSPS) is 16.3. The van der Waals surface area contributed by atoms with Crippen LogP contribution >= 0.6 is 23.1 Å². The first-order chi connectivity index (χ1) is 11.6. The molecule has 1 unspecified atom stereocenters. The van der Waals surface area contributed by atoms with Gasteiger partial charge in [-0.2, -0.15) is 5.26 Å². The molecule has 0 radical (unpaired) electrons. The van der Waals surface area contributed by atoms with Crippen LogP contribution in [-0.4, -0.2) is 21.6 Å². The number of hydrogen-bond donors (Lipinski definition) is 1. The Morgan fingerprint density at radius 3 is 3.17 bits per heavy atom. The number of nitrogens with one attached hydrogen (secondary N) is 1. The number of aryl methyl sites for hydroxylation is 1. The standard InChI is InChI=1S/C17H18N4OS2/c1-10-3-4-12-13(8-18)16(24-14(12)7-10)21-15(22)9-23-17-19-6-5-11(2)20-17/h5-6,10H,3-4,7,9H2,1-2H3,(H,21,22). The number of anilines is 1. The van der Waals surface area contributed by atoms with Gasteiger partial charge in [0.1, 0.15) is 11.1 Å². The summed E-state index contributed by atoms with van der Waals surface area (Å²) in [5.41, 5.74) is 2.65. The zero-order chi connectivity index (χ0) is 17.1. The molecule has 0 bridgehead atoms. The van der Waals surface area contributed by atoms with E-state index in [-0.39, 0.29) is 11.7 Å². The fraction of sp³-hybridized carbons (Fsp3) is 0.412. The third-order valence-corrected chi connectivity index (χ3v) is 6.01. The second-order valence-corrected chi connectivity index (χ2v) is 8.03. The predicted molar refractivity (Wildman–Crippen MR) is 96.3 cm³/mol. The average Bonchev–Trinajstić information content (AvgIpc) is 2.89. The Balaban J connectivity index is 1.67. The molecule has 1 aliphatic rings. The van der Waals surface area contributed by atoms with Gasteiger partial charge in [-0.3, -0.25) is 4.79 Å². The highest BCUT2D eigenvalue weighted by Crippen LogP contribution is 2.39. The van der Waals surface area contributed by atoms with Gasteiger partial charge in [-0.25, -0.2) is 9.97 Å². The summed E-state index contributed by atoms with van der Waals surface area (Å²) in [5, 5.41) is 13.6. The van der Waals surface area contributed by atoms with Crippen LogP contribution in [0, 0.1) is 24.2 Å². The molecule has 3 rings (SSSR count). The summed E-state index contributed by atoms with van der Waals surface area (Å²) in [5.74, 6) is 0.737. The lowest BCUT2D eigenvalue weighted by molar-refractivity contribution is -0.113. The summed E-state index contributed by atoms with van der Waals surface area (Å²) < 4.78 is 0. The van der Waals surface area contributed by atoms with E-state index in [9.17, 15) is 10.1 Å². The third-order valence-electron chi connectivity index (χ3n) is 3.98. The van der Waals surface area contributed by atoms with E-state index < -0.39 is 0 Å². The van der Waals surface area contributed by atoms with E-state index >= 15 is 0 Å². The maximum Gasteiger partial charge on any atom is 0.235 e. The molecule has 0 spiro atoms. The fourth-order valence-electron chi connectivity index (χ4n) is 2.75. The van der Waals surface area contributed by atoms with E-state index in [2.05, 4.69) is 28.3 Å². The second kappa shape index (κ2) is 7.32. The van der Waals surface area contributed by atoms with Crippen molar-refractivity contribution < 1.29 is 4.79 Å². The van der Waals surface area contributed by atoms with Crippen LogP contribution in [0.5, 0.6) is 0 Å². The molecule has 2 heterocycles. The first kappa shape index (κ1) is 16.9. The zero-order valence-electron chi connectivity index (χ0n) is 13.6. The maximum atomic E-state index is 12.2. The molecule has 0 saturated carbocycles. The van der Waals surface area contributed by atoms with Gasteiger partial charge in [0.2, 0.25) is 5.91 Å². The van der Waals surface area contributed by atoms with E-state index in [0.29, 0.717) is 21.6 Å². The molecule has 124 valence electrons. The molecule has 0 fully saturated rings. The summed E-state index contributed by atoms with van der Waals surface area (Å²) in [6, 6.07) is 4.09. The van der Waals surface area contributed by atoms with Crippen molar-refractivity contribution in [1.82, 2.24) is 9.97 Å². The number of amides is 1. The van der Waals surface area contributed by atoms with Gasteiger partial charge in [0, 0.05) is 16.8 Å². The highest BCUT2D eigenvalue weighted by Gasteiger charge is 2.24. The summed E-state index contributed by atoms with van der Waals surface area (Å²) in [6.45, 7) is 4.12. The lowest BCUT2D eigenvalue weighted by Gasteiger charge is -2.17. The minimum absolute atomic E-state index is 0.131. The van der Waals surface area contributed by atoms with E-state index in [0.717, 1.165) is 30.5 Å². The third kappa shape index (κ3) is 3.77. The van der Waals surface area contributed by atoms with Gasteiger partial charge >= 0.3 is 0 Å². The van der Waals surface area contributed by atoms with E-state index in [1.807, 2.05) is 13.0 Å². The monoisotopic (exact) mass is 358 g/mol. The molecule has 5 nitrogen and oxygen atoms in total. The van der Waals surface area contributed by atoms with E-state index in [4.69, 9.17) is 0 Å². The Bertz CT molecular complexity index is 809. The summed E-state index contributed by atoms with van der Waals surface area (Å²) in [6.07, 6.45) is 4.71. The minimum Gasteiger partial charge on any atom is -0.316 e. The second-order valence-electron chi connectivity index (χ2n) is 5.99. The minimum atomic E-state index is -0.131. The molecule has 1 amide bonds. The Kier molecular flexibility index (Phi) is 5.17. The molecule has 2 aromatic rings.